The first-order valence-corrected chi connectivity index (χ1v) is 50.7. The van der Waals surface area contributed by atoms with E-state index in [4.69, 9.17) is 37.0 Å². The van der Waals surface area contributed by atoms with Crippen molar-refractivity contribution in [3.05, 3.63) is 0 Å². The molecule has 660 valence electrons. The zero-order chi connectivity index (χ0) is 81.1. The number of hydrogen-bond acceptors (Lipinski definition) is 15. The fraction of sp³-hybridized carbons (Fsp3) is 0.957. The van der Waals surface area contributed by atoms with Crippen molar-refractivity contribution in [2.24, 2.45) is 5.92 Å². The zero-order valence-electron chi connectivity index (χ0n) is 73.1. The van der Waals surface area contributed by atoms with Gasteiger partial charge in [-0.25, -0.2) is 9.13 Å². The number of aliphatic hydroxyl groups is 1. The maximum Gasteiger partial charge on any atom is 0.472 e. The van der Waals surface area contributed by atoms with Gasteiger partial charge in [-0.15, -0.1) is 0 Å². The summed E-state index contributed by atoms with van der Waals surface area (Å²) in [5.41, 5.74) is 0. The molecule has 3 unspecified atom stereocenters. The highest BCUT2D eigenvalue weighted by atomic mass is 31.2. The smallest absolute Gasteiger partial charge is 0.462 e. The van der Waals surface area contributed by atoms with Crippen molar-refractivity contribution in [1.29, 1.82) is 0 Å². The maximum absolute atomic E-state index is 13.2. The molecule has 19 heteroatoms. The van der Waals surface area contributed by atoms with Gasteiger partial charge in [-0.1, -0.05) is 452 Å². The number of hydrogen-bond donors (Lipinski definition) is 3. The van der Waals surface area contributed by atoms with Crippen LogP contribution in [0.15, 0.2) is 0 Å². The van der Waals surface area contributed by atoms with Gasteiger partial charge in [0.15, 0.2) is 12.2 Å². The molecule has 0 bridgehead atoms. The number of carbonyl (C=O) groups excluding carboxylic acids is 4. The Bertz CT molecular complexity index is 2100. The number of esters is 4. The predicted molar refractivity (Wildman–Crippen MR) is 460 cm³/mol. The highest BCUT2D eigenvalue weighted by Gasteiger charge is 2.31. The van der Waals surface area contributed by atoms with E-state index in [1.165, 1.54) is 327 Å². The van der Waals surface area contributed by atoms with Crippen molar-refractivity contribution in [2.75, 3.05) is 39.6 Å². The molecule has 0 amide bonds. The summed E-state index contributed by atoms with van der Waals surface area (Å²) in [5.74, 6) is -1.22. The summed E-state index contributed by atoms with van der Waals surface area (Å²) in [6.45, 7) is 7.46. The molecule has 0 spiro atoms. The molecular formula is C92H180O17P2. The largest absolute Gasteiger partial charge is 0.472 e. The minimum atomic E-state index is -4.97. The van der Waals surface area contributed by atoms with Crippen molar-refractivity contribution in [3.63, 3.8) is 0 Å². The number of phosphoric ester groups is 2. The van der Waals surface area contributed by atoms with Gasteiger partial charge in [0.25, 0.3) is 0 Å². The zero-order valence-corrected chi connectivity index (χ0v) is 74.9. The standard InChI is InChI=1S/C92H180O17P2/c1-6-10-13-16-19-22-25-27-29-31-32-33-34-35-40-43-47-51-56-61-66-71-76-90(95)103-82-88(109-92(97)78-73-68-63-58-53-49-45-41-37-36-39-42-46-50-54-59-64-69-74-85(5)9-4)84-107-111(100,101)105-80-86(93)79-104-110(98,99)106-83-87(81-102-89(94)75-70-65-60-55-24-21-18-15-12-8-3)108-91(96)77-72-67-62-57-52-48-44-38-30-28-26-23-20-17-14-11-7-2/h85-88,93H,6-84H2,1-5H3,(H,98,99)(H,100,101)/t85?,86-,87+,88+/m0/s1. The second-order valence-corrected chi connectivity index (χ2v) is 36.2. The van der Waals surface area contributed by atoms with Gasteiger partial charge in [0.05, 0.1) is 26.4 Å². The van der Waals surface area contributed by atoms with Crippen molar-refractivity contribution in [2.45, 2.75) is 522 Å². The first kappa shape index (κ1) is 109. The number of phosphoric acid groups is 2. The van der Waals surface area contributed by atoms with Gasteiger partial charge < -0.3 is 33.8 Å². The third-order valence-electron chi connectivity index (χ3n) is 22.1. The molecule has 0 aliphatic carbocycles. The van der Waals surface area contributed by atoms with Crippen LogP contribution in [0.5, 0.6) is 0 Å². The van der Waals surface area contributed by atoms with Crippen molar-refractivity contribution >= 4 is 39.5 Å². The predicted octanol–water partition coefficient (Wildman–Crippen LogP) is 28.7. The van der Waals surface area contributed by atoms with Crippen LogP contribution in [-0.2, 0) is 65.4 Å². The summed E-state index contributed by atoms with van der Waals surface area (Å²) in [4.78, 5) is 73.4. The molecule has 17 nitrogen and oxygen atoms in total. The molecule has 0 rings (SSSR count). The second-order valence-electron chi connectivity index (χ2n) is 33.3. The van der Waals surface area contributed by atoms with E-state index in [0.29, 0.717) is 25.7 Å². The van der Waals surface area contributed by atoms with Crippen LogP contribution in [0.3, 0.4) is 0 Å². The average Bonchev–Trinajstić information content (AvgIpc) is 0.896. The summed E-state index contributed by atoms with van der Waals surface area (Å²) in [6, 6.07) is 0. The Morgan fingerprint density at radius 2 is 0.432 bits per heavy atom. The van der Waals surface area contributed by atoms with E-state index in [1.54, 1.807) is 0 Å². The molecular weight excluding hydrogens is 1440 g/mol. The Labute approximate surface area is 683 Å². The molecule has 0 aliphatic heterocycles. The van der Waals surface area contributed by atoms with Gasteiger partial charge in [-0.05, 0) is 31.6 Å². The highest BCUT2D eigenvalue weighted by Crippen LogP contribution is 2.45. The second kappa shape index (κ2) is 84.5. The first-order chi connectivity index (χ1) is 54.1. The van der Waals surface area contributed by atoms with E-state index < -0.39 is 97.5 Å². The highest BCUT2D eigenvalue weighted by molar-refractivity contribution is 7.47. The third kappa shape index (κ3) is 84.3. The summed E-state index contributed by atoms with van der Waals surface area (Å²) in [5, 5.41) is 10.7. The third-order valence-corrected chi connectivity index (χ3v) is 24.0. The molecule has 0 fully saturated rings. The lowest BCUT2D eigenvalue weighted by atomic mass is 9.99. The van der Waals surface area contributed by atoms with Crippen molar-refractivity contribution < 1.29 is 80.2 Å². The lowest BCUT2D eigenvalue weighted by Crippen LogP contribution is -2.30. The summed E-state index contributed by atoms with van der Waals surface area (Å²) < 4.78 is 69.1. The van der Waals surface area contributed by atoms with E-state index in [1.807, 2.05) is 0 Å². The molecule has 0 aliphatic rings. The van der Waals surface area contributed by atoms with Gasteiger partial charge >= 0.3 is 39.5 Å². The van der Waals surface area contributed by atoms with Crippen LogP contribution in [-0.4, -0.2) is 96.7 Å². The number of unbranched alkanes of at least 4 members (excludes halogenated alkanes) is 63. The molecule has 0 saturated carbocycles. The van der Waals surface area contributed by atoms with Gasteiger partial charge in [0.1, 0.15) is 19.3 Å². The van der Waals surface area contributed by atoms with E-state index in [0.717, 1.165) is 95.8 Å². The maximum atomic E-state index is 13.2. The Hall–Kier alpha value is -1.94. The van der Waals surface area contributed by atoms with Gasteiger partial charge in [-0.2, -0.15) is 0 Å². The molecule has 0 aromatic rings. The topological polar surface area (TPSA) is 237 Å². The monoisotopic (exact) mass is 1620 g/mol. The first-order valence-electron chi connectivity index (χ1n) is 47.7. The minimum Gasteiger partial charge on any atom is -0.462 e. The Kier molecular flexibility index (Phi) is 83.0. The van der Waals surface area contributed by atoms with Gasteiger partial charge in [0, 0.05) is 25.7 Å². The molecule has 0 aromatic carbocycles. The molecule has 0 aromatic heterocycles. The van der Waals surface area contributed by atoms with Crippen LogP contribution in [0.2, 0.25) is 0 Å². The molecule has 6 atom stereocenters. The fourth-order valence-corrected chi connectivity index (χ4v) is 16.1. The Balaban J connectivity index is 5.20. The molecule has 0 heterocycles. The summed E-state index contributed by atoms with van der Waals surface area (Å²) >= 11 is 0. The van der Waals surface area contributed by atoms with Crippen LogP contribution in [0.25, 0.3) is 0 Å². The summed E-state index contributed by atoms with van der Waals surface area (Å²) in [6.07, 6.45) is 80.7. The van der Waals surface area contributed by atoms with E-state index in [2.05, 4.69) is 34.6 Å². The van der Waals surface area contributed by atoms with Gasteiger partial charge in [-0.3, -0.25) is 37.3 Å². The van der Waals surface area contributed by atoms with E-state index >= 15 is 0 Å². The molecule has 0 radical (unpaired) electrons. The molecule has 0 saturated heterocycles. The lowest BCUT2D eigenvalue weighted by Gasteiger charge is -2.21. The quantitative estimate of drug-likeness (QED) is 0.0222. The van der Waals surface area contributed by atoms with E-state index in [9.17, 15) is 43.2 Å². The fourth-order valence-electron chi connectivity index (χ4n) is 14.5. The number of ether oxygens (including phenoxy) is 4. The van der Waals surface area contributed by atoms with Crippen LogP contribution in [0.4, 0.5) is 0 Å². The van der Waals surface area contributed by atoms with Crippen LogP contribution < -0.4 is 0 Å². The van der Waals surface area contributed by atoms with Crippen LogP contribution in [0.1, 0.15) is 503 Å². The van der Waals surface area contributed by atoms with Gasteiger partial charge in [0.2, 0.25) is 0 Å². The SMILES string of the molecule is CCCCCCCCCCCCCCCCCCCCCCCCC(=O)OC[C@H](COP(=O)(O)OC[C@@H](O)COP(=O)(O)OC[C@@H](COC(=O)CCCCCCCCCCCC)OC(=O)CCCCCCCCCCCCCCCCCCC)OC(=O)CCCCCCCCCCCCCCCCCCCCC(C)CC. The number of aliphatic hydroxyl groups excluding tert-OH is 1. The Morgan fingerprint density at radius 1 is 0.252 bits per heavy atom. The molecule has 111 heavy (non-hydrogen) atoms. The van der Waals surface area contributed by atoms with E-state index in [-0.39, 0.29) is 25.7 Å². The normalized spacial score (nSPS) is 13.9. The van der Waals surface area contributed by atoms with Crippen LogP contribution >= 0.6 is 15.6 Å². The lowest BCUT2D eigenvalue weighted by molar-refractivity contribution is -0.161. The average molecular weight is 1620 g/mol. The van der Waals surface area contributed by atoms with Crippen LogP contribution in [0, 0.1) is 5.92 Å². The summed E-state index contributed by atoms with van der Waals surface area (Å²) in [7, 11) is -9.93. The molecule has 3 N–H and O–H groups in total. The minimum absolute atomic E-state index is 0.109. The number of carbonyl (C=O) groups is 4. The Morgan fingerprint density at radius 3 is 0.640 bits per heavy atom. The van der Waals surface area contributed by atoms with Crippen molar-refractivity contribution in [1.82, 2.24) is 0 Å². The number of rotatable bonds is 92. The van der Waals surface area contributed by atoms with Crippen molar-refractivity contribution in [3.8, 4) is 0 Å².